The lowest BCUT2D eigenvalue weighted by atomic mass is 10.1. The number of amides is 2. The normalized spacial score (nSPS) is 12.7. The van der Waals surface area contributed by atoms with Crippen LogP contribution in [0.1, 0.15) is 55.9 Å². The van der Waals surface area contributed by atoms with Gasteiger partial charge in [0.15, 0.2) is 6.61 Å². The number of carbonyl (C=O) groups is 2. The number of ether oxygens (including phenoxy) is 1. The van der Waals surface area contributed by atoms with E-state index in [-0.39, 0.29) is 24.5 Å². The van der Waals surface area contributed by atoms with E-state index in [2.05, 4.69) is 21.2 Å². The first-order valence-electron chi connectivity index (χ1n) is 11.2. The summed E-state index contributed by atoms with van der Waals surface area (Å²) in [5.74, 6) is 0.307. The van der Waals surface area contributed by atoms with Gasteiger partial charge in [0.2, 0.25) is 5.91 Å². The molecule has 0 bridgehead atoms. The Bertz CT molecular complexity index is 921. The van der Waals surface area contributed by atoms with Gasteiger partial charge < -0.3 is 15.0 Å². The zero-order chi connectivity index (χ0) is 23.8. The molecular weight excluding hydrogens is 468 g/mol. The minimum absolute atomic E-state index is 0.0527. The highest BCUT2D eigenvalue weighted by Gasteiger charge is 2.29. The lowest BCUT2D eigenvalue weighted by Gasteiger charge is -2.31. The van der Waals surface area contributed by atoms with Crippen LogP contribution in [0, 0.1) is 20.8 Å². The van der Waals surface area contributed by atoms with E-state index in [0.717, 1.165) is 33.1 Å². The molecule has 174 valence electrons. The molecule has 0 spiro atoms. The number of rotatable bonds is 10. The average molecular weight is 503 g/mol. The van der Waals surface area contributed by atoms with E-state index in [1.807, 2.05) is 77.9 Å². The van der Waals surface area contributed by atoms with Crippen LogP contribution in [-0.4, -0.2) is 35.4 Å². The van der Waals surface area contributed by atoms with Crippen molar-refractivity contribution in [2.45, 2.75) is 73.0 Å². The van der Waals surface area contributed by atoms with Gasteiger partial charge >= 0.3 is 0 Å². The van der Waals surface area contributed by atoms with Crippen molar-refractivity contribution in [2.75, 3.05) is 6.61 Å². The Morgan fingerprint density at radius 1 is 1.03 bits per heavy atom. The second kappa shape index (κ2) is 12.0. The SMILES string of the molecule is CC[C@@H](C)NC(=O)[C@@H](CC)N(Cc1ccccc1C)C(=O)COc1cc(C)c(Br)c(C)c1. The first-order valence-corrected chi connectivity index (χ1v) is 12.0. The number of aryl methyl sites for hydroxylation is 3. The molecule has 6 heteroatoms. The maximum absolute atomic E-state index is 13.3. The quantitative estimate of drug-likeness (QED) is 0.468. The van der Waals surface area contributed by atoms with Crippen LogP contribution in [0.2, 0.25) is 0 Å². The van der Waals surface area contributed by atoms with Crippen molar-refractivity contribution < 1.29 is 14.3 Å². The summed E-state index contributed by atoms with van der Waals surface area (Å²) >= 11 is 3.55. The third-order valence-corrected chi connectivity index (χ3v) is 7.01. The van der Waals surface area contributed by atoms with Crippen molar-refractivity contribution in [3.05, 3.63) is 63.1 Å². The molecule has 2 rings (SSSR count). The number of carbonyl (C=O) groups excluding carboxylic acids is 2. The molecule has 0 aliphatic rings. The lowest BCUT2D eigenvalue weighted by molar-refractivity contribution is -0.143. The number of nitrogens with zero attached hydrogens (tertiary/aromatic N) is 1. The smallest absolute Gasteiger partial charge is 0.261 e. The summed E-state index contributed by atoms with van der Waals surface area (Å²) in [6.07, 6.45) is 1.36. The standard InChI is InChI=1S/C26H35BrN2O3/c1-7-20(6)28-26(31)23(8-2)29(15-21-12-10-9-11-17(21)3)24(30)16-32-22-13-18(4)25(27)19(5)14-22/h9-14,20,23H,7-8,15-16H2,1-6H3,(H,28,31)/t20-,23-/m1/s1. The van der Waals surface area contributed by atoms with Crippen molar-refractivity contribution in [3.63, 3.8) is 0 Å². The summed E-state index contributed by atoms with van der Waals surface area (Å²) in [7, 11) is 0. The summed E-state index contributed by atoms with van der Waals surface area (Å²) in [4.78, 5) is 28.0. The van der Waals surface area contributed by atoms with E-state index in [4.69, 9.17) is 4.74 Å². The summed E-state index contributed by atoms with van der Waals surface area (Å²) in [6, 6.07) is 11.2. The summed E-state index contributed by atoms with van der Waals surface area (Å²) < 4.78 is 6.90. The number of benzene rings is 2. The van der Waals surface area contributed by atoms with Crippen molar-refractivity contribution in [1.82, 2.24) is 10.2 Å². The summed E-state index contributed by atoms with van der Waals surface area (Å²) in [5.41, 5.74) is 4.20. The molecule has 2 aromatic carbocycles. The Hall–Kier alpha value is -2.34. The van der Waals surface area contributed by atoms with Crippen LogP contribution < -0.4 is 10.1 Å². The maximum atomic E-state index is 13.3. The zero-order valence-electron chi connectivity index (χ0n) is 20.0. The topological polar surface area (TPSA) is 58.6 Å². The molecule has 0 aliphatic heterocycles. The molecule has 32 heavy (non-hydrogen) atoms. The molecule has 2 aromatic rings. The van der Waals surface area contributed by atoms with Crippen molar-refractivity contribution in [2.24, 2.45) is 0 Å². The predicted molar refractivity (Wildman–Crippen MR) is 133 cm³/mol. The number of nitrogens with one attached hydrogen (secondary N) is 1. The van der Waals surface area contributed by atoms with E-state index in [0.29, 0.717) is 18.7 Å². The Morgan fingerprint density at radius 2 is 1.66 bits per heavy atom. The highest BCUT2D eigenvalue weighted by Crippen LogP contribution is 2.26. The van der Waals surface area contributed by atoms with Gasteiger partial charge in [0, 0.05) is 17.1 Å². The summed E-state index contributed by atoms with van der Waals surface area (Å²) in [5, 5.41) is 3.03. The molecule has 0 unspecified atom stereocenters. The zero-order valence-corrected chi connectivity index (χ0v) is 21.6. The number of halogens is 1. The monoisotopic (exact) mass is 502 g/mol. The first kappa shape index (κ1) is 25.9. The van der Waals surface area contributed by atoms with Crippen molar-refractivity contribution >= 4 is 27.7 Å². The fraction of sp³-hybridized carbons (Fsp3) is 0.462. The second-order valence-electron chi connectivity index (χ2n) is 8.35. The van der Waals surface area contributed by atoms with Gasteiger partial charge in [0.05, 0.1) is 0 Å². The molecule has 0 saturated heterocycles. The van der Waals surface area contributed by atoms with Gasteiger partial charge in [0.25, 0.3) is 5.91 Å². The number of hydrogen-bond donors (Lipinski definition) is 1. The molecule has 0 heterocycles. The van der Waals surface area contributed by atoms with Crippen LogP contribution in [0.3, 0.4) is 0 Å². The fourth-order valence-corrected chi connectivity index (χ4v) is 3.78. The minimum atomic E-state index is -0.562. The Balaban J connectivity index is 2.26. The van der Waals surface area contributed by atoms with Crippen molar-refractivity contribution in [1.29, 1.82) is 0 Å². The summed E-state index contributed by atoms with van der Waals surface area (Å²) in [6.45, 7) is 12.2. The van der Waals surface area contributed by atoms with E-state index >= 15 is 0 Å². The third-order valence-electron chi connectivity index (χ3n) is 5.76. The lowest BCUT2D eigenvalue weighted by Crippen LogP contribution is -2.51. The van der Waals surface area contributed by atoms with Crippen molar-refractivity contribution in [3.8, 4) is 5.75 Å². The third kappa shape index (κ3) is 6.83. The Kier molecular flexibility index (Phi) is 9.76. The van der Waals surface area contributed by atoms with Gasteiger partial charge in [-0.25, -0.2) is 0 Å². The maximum Gasteiger partial charge on any atom is 0.261 e. The largest absolute Gasteiger partial charge is 0.484 e. The van der Waals surface area contributed by atoms with Crippen LogP contribution in [0.15, 0.2) is 40.9 Å². The molecule has 0 aliphatic carbocycles. The first-order chi connectivity index (χ1) is 15.2. The molecule has 0 radical (unpaired) electrons. The minimum Gasteiger partial charge on any atom is -0.484 e. The predicted octanol–water partition coefficient (Wildman–Crippen LogP) is 5.48. The molecule has 5 nitrogen and oxygen atoms in total. The van der Waals surface area contributed by atoms with E-state index in [9.17, 15) is 9.59 Å². The van der Waals surface area contributed by atoms with Crippen LogP contribution in [0.5, 0.6) is 5.75 Å². The van der Waals surface area contributed by atoms with E-state index in [1.54, 1.807) is 4.90 Å². The highest BCUT2D eigenvalue weighted by atomic mass is 79.9. The molecule has 2 atom stereocenters. The second-order valence-corrected chi connectivity index (χ2v) is 9.14. The van der Waals surface area contributed by atoms with Gasteiger partial charge in [-0.15, -0.1) is 0 Å². The molecule has 2 amide bonds. The highest BCUT2D eigenvalue weighted by molar-refractivity contribution is 9.10. The fourth-order valence-electron chi connectivity index (χ4n) is 3.55. The number of hydrogen-bond acceptors (Lipinski definition) is 3. The molecule has 0 fully saturated rings. The Labute approximate surface area is 200 Å². The van der Waals surface area contributed by atoms with Gasteiger partial charge in [-0.3, -0.25) is 9.59 Å². The van der Waals surface area contributed by atoms with Gasteiger partial charge in [0.1, 0.15) is 11.8 Å². The molecule has 0 saturated carbocycles. The van der Waals surface area contributed by atoms with Crippen LogP contribution >= 0.6 is 15.9 Å². The molecular formula is C26H35BrN2O3. The van der Waals surface area contributed by atoms with Crippen LogP contribution in [0.25, 0.3) is 0 Å². The van der Waals surface area contributed by atoms with E-state index in [1.165, 1.54) is 0 Å². The Morgan fingerprint density at radius 3 is 2.22 bits per heavy atom. The van der Waals surface area contributed by atoms with Gasteiger partial charge in [-0.1, -0.05) is 54.0 Å². The average Bonchev–Trinajstić information content (AvgIpc) is 2.76. The van der Waals surface area contributed by atoms with Gasteiger partial charge in [-0.05, 0) is 74.9 Å². The van der Waals surface area contributed by atoms with Gasteiger partial charge in [-0.2, -0.15) is 0 Å². The van der Waals surface area contributed by atoms with Crippen LogP contribution in [-0.2, 0) is 16.1 Å². The molecule has 1 N–H and O–H groups in total. The van der Waals surface area contributed by atoms with E-state index < -0.39 is 6.04 Å². The van der Waals surface area contributed by atoms with Crippen LogP contribution in [0.4, 0.5) is 0 Å². The molecule has 0 aromatic heterocycles.